The van der Waals surface area contributed by atoms with E-state index in [2.05, 4.69) is 28.5 Å². The van der Waals surface area contributed by atoms with E-state index < -0.39 is 11.5 Å². The Bertz CT molecular complexity index is 1770. The maximum absolute atomic E-state index is 13.8. The number of carbonyl (C=O) groups is 2. The van der Waals surface area contributed by atoms with Crippen LogP contribution in [0.4, 0.5) is 0 Å². The summed E-state index contributed by atoms with van der Waals surface area (Å²) in [5.41, 5.74) is 9.15. The highest BCUT2D eigenvalue weighted by molar-refractivity contribution is 6.08. The number of amides is 2. The first-order valence-corrected chi connectivity index (χ1v) is 12.2. The minimum absolute atomic E-state index is 0.104. The molecule has 2 amide bonds. The highest BCUT2D eigenvalue weighted by atomic mass is 16.2. The first kappa shape index (κ1) is 22.7. The number of carbonyl (C=O) groups excluding carboxylic acids is 2. The Morgan fingerprint density at radius 1 is 0.919 bits per heavy atom. The maximum Gasteiger partial charge on any atom is 0.261 e. The molecule has 6 rings (SSSR count). The topological polar surface area (TPSA) is 118 Å². The Morgan fingerprint density at radius 2 is 1.68 bits per heavy atom. The van der Waals surface area contributed by atoms with E-state index in [0.717, 1.165) is 44.9 Å². The number of aromatic nitrogens is 2. The van der Waals surface area contributed by atoms with Gasteiger partial charge in [0.05, 0.1) is 22.8 Å². The fourth-order valence-corrected chi connectivity index (χ4v) is 5.26. The molecule has 1 aliphatic rings. The monoisotopic (exact) mass is 488 g/mol. The zero-order chi connectivity index (χ0) is 25.5. The van der Waals surface area contributed by atoms with Crippen molar-refractivity contribution in [2.45, 2.75) is 25.3 Å². The number of nitrogens with one attached hydrogen (secondary N) is 2. The van der Waals surface area contributed by atoms with E-state index in [9.17, 15) is 14.4 Å². The van der Waals surface area contributed by atoms with E-state index in [1.807, 2.05) is 54.6 Å². The standard InChI is InChI=1S/C30H24N4O3/c31-28(35)23-15-22-25(13-6-14-26(22)34-30(23)37)33-29(36)21-16-27(32-24-12-4-3-10-20(21)24)19-11-5-8-17-7-1-2-9-18(17)19/h1-5,7-12,15-16,25H,6,13-14H2,(H2,31,35)(H,33,36)(H,34,37). The van der Waals surface area contributed by atoms with E-state index in [4.69, 9.17) is 10.7 Å². The lowest BCUT2D eigenvalue weighted by Crippen LogP contribution is -2.34. The van der Waals surface area contributed by atoms with Crippen LogP contribution in [0.15, 0.2) is 83.7 Å². The molecule has 0 bridgehead atoms. The van der Waals surface area contributed by atoms with Crippen molar-refractivity contribution in [3.8, 4) is 11.3 Å². The van der Waals surface area contributed by atoms with Gasteiger partial charge in [-0.3, -0.25) is 14.4 Å². The van der Waals surface area contributed by atoms with Gasteiger partial charge in [0.15, 0.2) is 0 Å². The second-order valence-electron chi connectivity index (χ2n) is 9.33. The molecule has 7 heteroatoms. The molecule has 0 radical (unpaired) electrons. The van der Waals surface area contributed by atoms with Crippen molar-refractivity contribution in [1.29, 1.82) is 0 Å². The van der Waals surface area contributed by atoms with Gasteiger partial charge in [0.1, 0.15) is 5.56 Å². The molecule has 0 saturated heterocycles. The summed E-state index contributed by atoms with van der Waals surface area (Å²) >= 11 is 0. The number of nitrogens with zero attached hydrogens (tertiary/aromatic N) is 1. The average Bonchev–Trinajstić information content (AvgIpc) is 2.91. The van der Waals surface area contributed by atoms with Crippen molar-refractivity contribution in [3.63, 3.8) is 0 Å². The molecule has 1 unspecified atom stereocenters. The molecule has 1 aliphatic carbocycles. The van der Waals surface area contributed by atoms with Gasteiger partial charge < -0.3 is 16.0 Å². The van der Waals surface area contributed by atoms with Crippen LogP contribution < -0.4 is 16.6 Å². The molecular formula is C30H24N4O3. The van der Waals surface area contributed by atoms with Crippen LogP contribution in [0, 0.1) is 0 Å². The molecule has 0 saturated carbocycles. The molecule has 182 valence electrons. The molecule has 2 aromatic heterocycles. The maximum atomic E-state index is 13.8. The summed E-state index contributed by atoms with van der Waals surface area (Å²) in [5, 5.41) is 6.05. The number of benzene rings is 3. The number of fused-ring (bicyclic) bond motifs is 3. The highest BCUT2D eigenvalue weighted by Gasteiger charge is 2.26. The molecule has 0 aliphatic heterocycles. The van der Waals surface area contributed by atoms with Gasteiger partial charge in [0.2, 0.25) is 0 Å². The third-order valence-electron chi connectivity index (χ3n) is 7.05. The number of rotatable bonds is 4. The summed E-state index contributed by atoms with van der Waals surface area (Å²) in [5.74, 6) is -1.04. The Balaban J connectivity index is 1.44. The number of primary amides is 1. The molecule has 0 fully saturated rings. The number of pyridine rings is 2. The van der Waals surface area contributed by atoms with Crippen LogP contribution in [-0.2, 0) is 6.42 Å². The van der Waals surface area contributed by atoms with Gasteiger partial charge in [0, 0.05) is 16.6 Å². The largest absolute Gasteiger partial charge is 0.365 e. The molecule has 2 heterocycles. The molecule has 3 aromatic carbocycles. The van der Waals surface area contributed by atoms with Crippen LogP contribution in [0.1, 0.15) is 50.9 Å². The highest BCUT2D eigenvalue weighted by Crippen LogP contribution is 2.32. The van der Waals surface area contributed by atoms with Crippen LogP contribution in [0.5, 0.6) is 0 Å². The van der Waals surface area contributed by atoms with Crippen molar-refractivity contribution >= 4 is 33.5 Å². The van der Waals surface area contributed by atoms with E-state index in [0.29, 0.717) is 24.1 Å². The van der Waals surface area contributed by atoms with Crippen LogP contribution in [-0.4, -0.2) is 21.8 Å². The third kappa shape index (κ3) is 4.04. The minimum Gasteiger partial charge on any atom is -0.365 e. The Kier molecular flexibility index (Phi) is 5.53. The van der Waals surface area contributed by atoms with Crippen molar-refractivity contribution in [2.24, 2.45) is 5.73 Å². The summed E-state index contributed by atoms with van der Waals surface area (Å²) in [6.07, 6.45) is 2.14. The zero-order valence-corrected chi connectivity index (χ0v) is 20.0. The average molecular weight is 489 g/mol. The fourth-order valence-electron chi connectivity index (χ4n) is 5.26. The SMILES string of the molecule is NC(=O)c1cc2c([nH]c1=O)CCCC2NC(=O)c1cc(-c2cccc3ccccc23)nc2ccccc12. The van der Waals surface area contributed by atoms with Gasteiger partial charge in [0.25, 0.3) is 17.4 Å². The molecule has 37 heavy (non-hydrogen) atoms. The first-order valence-electron chi connectivity index (χ1n) is 12.2. The second-order valence-corrected chi connectivity index (χ2v) is 9.33. The van der Waals surface area contributed by atoms with Gasteiger partial charge >= 0.3 is 0 Å². The van der Waals surface area contributed by atoms with Crippen molar-refractivity contribution in [2.75, 3.05) is 0 Å². The smallest absolute Gasteiger partial charge is 0.261 e. The Labute approximate surface area is 212 Å². The zero-order valence-electron chi connectivity index (χ0n) is 20.0. The van der Waals surface area contributed by atoms with Crippen molar-refractivity contribution < 1.29 is 9.59 Å². The summed E-state index contributed by atoms with van der Waals surface area (Å²) in [4.78, 5) is 45.5. The van der Waals surface area contributed by atoms with Crippen molar-refractivity contribution in [1.82, 2.24) is 15.3 Å². The summed E-state index contributed by atoms with van der Waals surface area (Å²) in [7, 11) is 0. The summed E-state index contributed by atoms with van der Waals surface area (Å²) in [6.45, 7) is 0. The van der Waals surface area contributed by atoms with Gasteiger partial charge in [-0.1, -0.05) is 60.7 Å². The molecule has 4 N–H and O–H groups in total. The number of hydrogen-bond acceptors (Lipinski definition) is 4. The predicted molar refractivity (Wildman–Crippen MR) is 143 cm³/mol. The number of nitrogens with two attached hydrogens (primary N) is 1. The number of aryl methyl sites for hydroxylation is 1. The summed E-state index contributed by atoms with van der Waals surface area (Å²) < 4.78 is 0. The van der Waals surface area contributed by atoms with E-state index in [1.165, 1.54) is 6.07 Å². The van der Waals surface area contributed by atoms with Crippen LogP contribution >= 0.6 is 0 Å². The lowest BCUT2D eigenvalue weighted by Gasteiger charge is -2.26. The predicted octanol–water partition coefficient (Wildman–Crippen LogP) is 4.65. The van der Waals surface area contributed by atoms with E-state index in [1.54, 1.807) is 0 Å². The normalized spacial score (nSPS) is 14.9. The van der Waals surface area contributed by atoms with Gasteiger partial charge in [-0.05, 0) is 53.8 Å². The number of para-hydroxylation sites is 1. The number of hydrogen-bond donors (Lipinski definition) is 3. The molecular weight excluding hydrogens is 464 g/mol. The number of aromatic amines is 1. The lowest BCUT2D eigenvalue weighted by atomic mass is 9.89. The number of H-pyrrole nitrogens is 1. The summed E-state index contributed by atoms with van der Waals surface area (Å²) in [6, 6.07) is 24.7. The molecule has 0 spiro atoms. The lowest BCUT2D eigenvalue weighted by molar-refractivity contribution is 0.0934. The molecule has 5 aromatic rings. The fraction of sp³-hybridized carbons (Fsp3) is 0.133. The van der Waals surface area contributed by atoms with Gasteiger partial charge in [-0.2, -0.15) is 0 Å². The van der Waals surface area contributed by atoms with Crippen LogP contribution in [0.3, 0.4) is 0 Å². The van der Waals surface area contributed by atoms with Gasteiger partial charge in [-0.15, -0.1) is 0 Å². The molecule has 1 atom stereocenters. The Hall–Kier alpha value is -4.78. The van der Waals surface area contributed by atoms with Gasteiger partial charge in [-0.25, -0.2) is 4.98 Å². The third-order valence-corrected chi connectivity index (χ3v) is 7.05. The first-order chi connectivity index (χ1) is 18.0. The van der Waals surface area contributed by atoms with Crippen LogP contribution in [0.25, 0.3) is 32.9 Å². The van der Waals surface area contributed by atoms with E-state index in [-0.39, 0.29) is 17.5 Å². The second kappa shape index (κ2) is 9.02. The Morgan fingerprint density at radius 3 is 2.51 bits per heavy atom. The quantitative estimate of drug-likeness (QED) is 0.341. The van der Waals surface area contributed by atoms with Crippen LogP contribution in [0.2, 0.25) is 0 Å². The minimum atomic E-state index is -0.792. The molecule has 7 nitrogen and oxygen atoms in total. The van der Waals surface area contributed by atoms with E-state index >= 15 is 0 Å². The van der Waals surface area contributed by atoms with Crippen molar-refractivity contribution in [3.05, 3.63) is 112 Å².